The number of nitrogens with zero attached hydrogens (tertiary/aromatic N) is 2. The molecule has 1 aliphatic heterocycles. The fourth-order valence-electron chi connectivity index (χ4n) is 3.37. The number of ether oxygens (including phenoxy) is 2. The Hall–Kier alpha value is -3.43. The maximum absolute atomic E-state index is 9.73. The number of aromatic nitrogens is 2. The largest absolute Gasteiger partial charge is 0.494 e. The minimum Gasteiger partial charge on any atom is -0.494 e. The van der Waals surface area contributed by atoms with Crippen LogP contribution >= 0.6 is 11.6 Å². The summed E-state index contributed by atoms with van der Waals surface area (Å²) < 4.78 is 11.1. The van der Waals surface area contributed by atoms with Gasteiger partial charge in [0.2, 0.25) is 11.8 Å². The Kier molecular flexibility index (Phi) is 4.68. The van der Waals surface area contributed by atoms with Crippen molar-refractivity contribution in [2.45, 2.75) is 12.8 Å². The third kappa shape index (κ3) is 3.06. The van der Waals surface area contributed by atoms with Crippen molar-refractivity contribution in [1.29, 1.82) is 5.26 Å². The molecule has 140 valence electrons. The summed E-state index contributed by atoms with van der Waals surface area (Å²) in [5.74, 6) is 0.743. The van der Waals surface area contributed by atoms with Gasteiger partial charge in [0, 0.05) is 10.6 Å². The molecule has 1 aromatic heterocycles. The van der Waals surface area contributed by atoms with Gasteiger partial charge in [-0.05, 0) is 48.9 Å². The number of rotatable bonds is 4. The van der Waals surface area contributed by atoms with Gasteiger partial charge in [-0.15, -0.1) is 5.10 Å². The van der Waals surface area contributed by atoms with Gasteiger partial charge in [-0.1, -0.05) is 23.7 Å². The lowest BCUT2D eigenvalue weighted by Crippen LogP contribution is -2.21. The van der Waals surface area contributed by atoms with Crippen LogP contribution in [-0.4, -0.2) is 16.8 Å². The van der Waals surface area contributed by atoms with Crippen molar-refractivity contribution in [2.24, 2.45) is 5.73 Å². The molecule has 28 heavy (non-hydrogen) atoms. The van der Waals surface area contributed by atoms with Gasteiger partial charge in [0.1, 0.15) is 17.4 Å². The zero-order valence-corrected chi connectivity index (χ0v) is 15.8. The van der Waals surface area contributed by atoms with Crippen molar-refractivity contribution in [2.75, 3.05) is 6.61 Å². The summed E-state index contributed by atoms with van der Waals surface area (Å²) in [5.41, 5.74) is 9.56. The fraction of sp³-hybridized carbons (Fsp3) is 0.143. The van der Waals surface area contributed by atoms with Crippen molar-refractivity contribution >= 4 is 11.6 Å². The van der Waals surface area contributed by atoms with E-state index in [4.69, 9.17) is 26.8 Å². The molecule has 0 fully saturated rings. The van der Waals surface area contributed by atoms with E-state index >= 15 is 0 Å². The first-order valence-electron chi connectivity index (χ1n) is 8.77. The van der Waals surface area contributed by atoms with Crippen LogP contribution in [0.2, 0.25) is 5.02 Å². The van der Waals surface area contributed by atoms with Crippen LogP contribution in [0.4, 0.5) is 0 Å². The van der Waals surface area contributed by atoms with Gasteiger partial charge in [0.15, 0.2) is 0 Å². The molecule has 0 amide bonds. The van der Waals surface area contributed by atoms with Crippen LogP contribution in [0.1, 0.15) is 24.0 Å². The highest BCUT2D eigenvalue weighted by molar-refractivity contribution is 6.30. The van der Waals surface area contributed by atoms with Crippen LogP contribution in [0.3, 0.4) is 0 Å². The molecule has 0 unspecified atom stereocenters. The molecule has 2 heterocycles. The van der Waals surface area contributed by atoms with Crippen molar-refractivity contribution in [1.82, 2.24) is 10.2 Å². The molecule has 7 heteroatoms. The summed E-state index contributed by atoms with van der Waals surface area (Å²) in [6.45, 7) is 2.53. The van der Waals surface area contributed by atoms with Gasteiger partial charge in [-0.25, -0.2) is 0 Å². The van der Waals surface area contributed by atoms with Crippen molar-refractivity contribution in [3.8, 4) is 29.0 Å². The van der Waals surface area contributed by atoms with Crippen LogP contribution in [0.25, 0.3) is 11.3 Å². The number of halogens is 1. The number of allylic oxidation sites excluding steroid dienone is 1. The second-order valence-corrected chi connectivity index (χ2v) is 6.69. The highest BCUT2D eigenvalue weighted by Gasteiger charge is 2.35. The Morgan fingerprint density at radius 3 is 2.75 bits per heavy atom. The normalized spacial score (nSPS) is 15.5. The summed E-state index contributed by atoms with van der Waals surface area (Å²) in [5, 5.41) is 17.6. The third-order valence-electron chi connectivity index (χ3n) is 4.57. The predicted octanol–water partition coefficient (Wildman–Crippen LogP) is 4.35. The zero-order chi connectivity index (χ0) is 19.7. The summed E-state index contributed by atoms with van der Waals surface area (Å²) in [7, 11) is 0. The summed E-state index contributed by atoms with van der Waals surface area (Å²) in [4.78, 5) is 0. The van der Waals surface area contributed by atoms with Gasteiger partial charge in [-0.2, -0.15) is 5.26 Å². The van der Waals surface area contributed by atoms with Crippen LogP contribution in [-0.2, 0) is 0 Å². The summed E-state index contributed by atoms with van der Waals surface area (Å²) >= 11 is 6.20. The Labute approximate surface area is 167 Å². The molecule has 0 saturated heterocycles. The van der Waals surface area contributed by atoms with Gasteiger partial charge in [0.05, 0.1) is 23.8 Å². The Balaban J connectivity index is 1.87. The molecule has 6 nitrogen and oxygen atoms in total. The van der Waals surface area contributed by atoms with Crippen LogP contribution < -0.4 is 15.2 Å². The number of hydrogen-bond donors (Lipinski definition) is 2. The molecule has 3 aromatic rings. The van der Waals surface area contributed by atoms with Crippen molar-refractivity contribution in [3.63, 3.8) is 0 Å². The predicted molar refractivity (Wildman–Crippen MR) is 106 cm³/mol. The Bertz CT molecular complexity index is 1100. The van der Waals surface area contributed by atoms with E-state index in [0.717, 1.165) is 28.1 Å². The van der Waals surface area contributed by atoms with E-state index in [-0.39, 0.29) is 5.88 Å². The number of nitrogens with one attached hydrogen (secondary N) is 1. The second kappa shape index (κ2) is 7.29. The maximum atomic E-state index is 9.73. The molecule has 0 bridgehead atoms. The quantitative estimate of drug-likeness (QED) is 0.688. The van der Waals surface area contributed by atoms with Gasteiger partial charge in [0.25, 0.3) is 0 Å². The smallest absolute Gasteiger partial charge is 0.244 e. The molecule has 0 saturated carbocycles. The topological polar surface area (TPSA) is 97.0 Å². The van der Waals surface area contributed by atoms with Gasteiger partial charge in [-0.3, -0.25) is 5.10 Å². The van der Waals surface area contributed by atoms with Gasteiger partial charge < -0.3 is 15.2 Å². The minimum atomic E-state index is -0.437. The molecule has 1 aliphatic rings. The Morgan fingerprint density at radius 1 is 1.29 bits per heavy atom. The molecule has 0 radical (unpaired) electrons. The van der Waals surface area contributed by atoms with Gasteiger partial charge >= 0.3 is 0 Å². The lowest BCUT2D eigenvalue weighted by Gasteiger charge is -2.24. The monoisotopic (exact) mass is 392 g/mol. The number of nitriles is 1. The summed E-state index contributed by atoms with van der Waals surface area (Å²) in [6.07, 6.45) is 0. The first-order valence-corrected chi connectivity index (χ1v) is 9.14. The van der Waals surface area contributed by atoms with Crippen molar-refractivity contribution in [3.05, 3.63) is 76.1 Å². The van der Waals surface area contributed by atoms with Crippen LogP contribution in [0, 0.1) is 11.3 Å². The molecular weight excluding hydrogens is 376 g/mol. The lowest BCUT2D eigenvalue weighted by atomic mass is 9.83. The van der Waals surface area contributed by atoms with Crippen LogP contribution in [0.15, 0.2) is 60.0 Å². The standard InChI is InChI=1S/C21H17ClN4O2/c1-2-27-15-8-6-12(7-9-15)19-18-17(13-4-3-5-14(22)10-13)16(11-23)20(24)28-21(18)26-25-19/h3-10,17H,2,24H2,1H3,(H,25,26)/t17-/m1/s1. The minimum absolute atomic E-state index is 0.0460. The third-order valence-corrected chi connectivity index (χ3v) is 4.81. The number of hydrogen-bond acceptors (Lipinski definition) is 5. The average molecular weight is 393 g/mol. The highest BCUT2D eigenvalue weighted by Crippen LogP contribution is 2.46. The van der Waals surface area contributed by atoms with E-state index in [1.54, 1.807) is 6.07 Å². The second-order valence-electron chi connectivity index (χ2n) is 6.25. The first-order chi connectivity index (χ1) is 13.6. The van der Waals surface area contributed by atoms with Crippen LogP contribution in [0.5, 0.6) is 11.6 Å². The van der Waals surface area contributed by atoms with E-state index in [0.29, 0.717) is 23.1 Å². The number of benzene rings is 2. The molecule has 4 rings (SSSR count). The Morgan fingerprint density at radius 2 is 2.07 bits per heavy atom. The molecule has 0 spiro atoms. The van der Waals surface area contributed by atoms with E-state index < -0.39 is 5.92 Å². The summed E-state index contributed by atoms with van der Waals surface area (Å²) in [6, 6.07) is 17.2. The fourth-order valence-corrected chi connectivity index (χ4v) is 3.57. The van der Waals surface area contributed by atoms with E-state index in [9.17, 15) is 5.26 Å². The van der Waals surface area contributed by atoms with E-state index in [1.165, 1.54) is 0 Å². The molecule has 2 aromatic carbocycles. The zero-order valence-electron chi connectivity index (χ0n) is 15.1. The number of fused-ring (bicyclic) bond motifs is 1. The number of H-pyrrole nitrogens is 1. The maximum Gasteiger partial charge on any atom is 0.244 e. The molecule has 3 N–H and O–H groups in total. The molecular formula is C21H17ClN4O2. The molecule has 1 atom stereocenters. The molecule has 0 aliphatic carbocycles. The van der Waals surface area contributed by atoms with Crippen molar-refractivity contribution < 1.29 is 9.47 Å². The average Bonchev–Trinajstić information content (AvgIpc) is 3.11. The van der Waals surface area contributed by atoms with E-state index in [1.807, 2.05) is 49.4 Å². The number of aromatic amines is 1. The first kappa shape index (κ1) is 18.0. The number of nitrogens with two attached hydrogens (primary N) is 1. The SMILES string of the molecule is CCOc1ccc(-c2[nH]nc3c2[C@H](c2cccc(Cl)c2)C(C#N)=C(N)O3)cc1. The lowest BCUT2D eigenvalue weighted by molar-refractivity contribution is 0.340. The highest BCUT2D eigenvalue weighted by atomic mass is 35.5. The van der Waals surface area contributed by atoms with E-state index in [2.05, 4.69) is 16.3 Å².